The highest BCUT2D eigenvalue weighted by Gasteiger charge is 2.76. The lowest BCUT2D eigenvalue weighted by Gasteiger charge is -2.46. The van der Waals surface area contributed by atoms with Crippen LogP contribution < -0.4 is 19.1 Å². The van der Waals surface area contributed by atoms with E-state index in [1.165, 1.54) is 7.11 Å². The molecule has 2 saturated heterocycles. The van der Waals surface area contributed by atoms with Gasteiger partial charge in [-0.2, -0.15) is 0 Å². The molecule has 0 bridgehead atoms. The van der Waals surface area contributed by atoms with Gasteiger partial charge in [0.1, 0.15) is 48.6 Å². The number of amides is 3. The maximum Gasteiger partial charge on any atom is 0.421 e. The van der Waals surface area contributed by atoms with Crippen molar-refractivity contribution in [3.05, 3.63) is 178 Å². The number of cyclic esters (lactones) is 1. The molecule has 5 heterocycles. The maximum absolute atomic E-state index is 16.8. The molecule has 2 fully saturated rings. The number of benzene rings is 6. The fraction of sp³-hybridized carbons (Fsp3) is 0.288. The number of ether oxygens (including phenoxy) is 6. The number of aromatic nitrogens is 3. The molecule has 1 spiro atoms. The highest BCUT2D eigenvalue weighted by Crippen LogP contribution is 2.66. The first kappa shape index (κ1) is 49.6. The molecule has 0 aliphatic carbocycles. The minimum absolute atomic E-state index is 0.0376. The monoisotopic (exact) mass is 1020 g/mol. The summed E-state index contributed by atoms with van der Waals surface area (Å²) < 4.78 is 36.9. The maximum atomic E-state index is 16.8. The van der Waals surface area contributed by atoms with Crippen LogP contribution in [0.3, 0.4) is 0 Å². The summed E-state index contributed by atoms with van der Waals surface area (Å²) >= 11 is 0. The van der Waals surface area contributed by atoms with Gasteiger partial charge in [0.15, 0.2) is 11.5 Å². The van der Waals surface area contributed by atoms with Crippen molar-refractivity contribution < 1.29 is 52.7 Å². The van der Waals surface area contributed by atoms with Gasteiger partial charge in [0, 0.05) is 25.8 Å². The van der Waals surface area contributed by atoms with Gasteiger partial charge in [-0.25, -0.2) is 14.4 Å². The van der Waals surface area contributed by atoms with Crippen molar-refractivity contribution in [1.29, 1.82) is 0 Å². The number of para-hydroxylation sites is 1. The molecule has 17 nitrogen and oxygen atoms in total. The van der Waals surface area contributed by atoms with Gasteiger partial charge in [-0.15, -0.1) is 5.10 Å². The van der Waals surface area contributed by atoms with Crippen LogP contribution in [0.25, 0.3) is 11.0 Å². The van der Waals surface area contributed by atoms with E-state index in [0.29, 0.717) is 45.9 Å². The van der Waals surface area contributed by atoms with Crippen LogP contribution in [-0.4, -0.2) is 114 Å². The summed E-state index contributed by atoms with van der Waals surface area (Å²) in [6.45, 7) is 0.0204. The van der Waals surface area contributed by atoms with Gasteiger partial charge < -0.3 is 38.4 Å². The molecule has 4 aliphatic heterocycles. The number of imide groups is 1. The first-order valence-electron chi connectivity index (χ1n) is 25.1. The second kappa shape index (κ2) is 21.0. The number of methoxy groups -OCH3 is 3. The number of esters is 1. The zero-order valence-electron chi connectivity index (χ0n) is 42.0. The Kier molecular flexibility index (Phi) is 13.7. The normalized spacial score (nSPS) is 21.6. The lowest BCUT2D eigenvalue weighted by molar-refractivity contribution is -0.179. The fourth-order valence-corrected chi connectivity index (χ4v) is 11.7. The highest BCUT2D eigenvalue weighted by atomic mass is 16.6. The van der Waals surface area contributed by atoms with Crippen molar-refractivity contribution in [3.8, 4) is 29.1 Å². The molecule has 1 aromatic heterocycles. The van der Waals surface area contributed by atoms with Crippen LogP contribution in [0, 0.1) is 17.8 Å². The Labute approximate surface area is 438 Å². The van der Waals surface area contributed by atoms with E-state index >= 15 is 14.4 Å². The molecule has 6 atom stereocenters. The van der Waals surface area contributed by atoms with Gasteiger partial charge >= 0.3 is 12.1 Å². The summed E-state index contributed by atoms with van der Waals surface area (Å²) in [5.41, 5.74) is 3.95. The summed E-state index contributed by atoms with van der Waals surface area (Å²) in [6.07, 6.45) is -1.53. The summed E-state index contributed by atoms with van der Waals surface area (Å²) in [5, 5.41) is 18.5. The minimum atomic E-state index is -2.09. The average Bonchev–Trinajstić information content (AvgIpc) is 4.18. The Hall–Kier alpha value is -8.56. The van der Waals surface area contributed by atoms with Gasteiger partial charge in [0.25, 0.3) is 0 Å². The van der Waals surface area contributed by atoms with Gasteiger partial charge in [0.2, 0.25) is 11.8 Å². The third kappa shape index (κ3) is 8.53. The lowest BCUT2D eigenvalue weighted by Crippen LogP contribution is -2.57. The molecule has 0 radical (unpaired) electrons. The smallest absolute Gasteiger partial charge is 0.421 e. The predicted octanol–water partition coefficient (Wildman–Crippen LogP) is 6.90. The number of rotatable bonds is 13. The van der Waals surface area contributed by atoms with Crippen LogP contribution in [0.1, 0.15) is 57.1 Å². The van der Waals surface area contributed by atoms with Crippen molar-refractivity contribution in [2.24, 2.45) is 5.92 Å². The Morgan fingerprint density at radius 2 is 1.50 bits per heavy atom. The zero-order chi connectivity index (χ0) is 52.5. The molecule has 6 unspecified atom stereocenters. The summed E-state index contributed by atoms with van der Waals surface area (Å²) in [7, 11) is 4.58. The highest BCUT2D eigenvalue weighted by molar-refractivity contribution is 6.23. The number of aliphatic hydroxyl groups excluding tert-OH is 1. The van der Waals surface area contributed by atoms with Gasteiger partial charge in [-0.05, 0) is 94.4 Å². The van der Waals surface area contributed by atoms with Crippen molar-refractivity contribution in [2.45, 2.75) is 49.2 Å². The van der Waals surface area contributed by atoms with Crippen molar-refractivity contribution in [2.75, 3.05) is 59.2 Å². The quantitative estimate of drug-likeness (QED) is 0.0715. The Morgan fingerprint density at radius 1 is 0.776 bits per heavy atom. The van der Waals surface area contributed by atoms with Gasteiger partial charge in [0.05, 0.1) is 56.6 Å². The molecule has 76 heavy (non-hydrogen) atoms. The molecule has 1 N–H and O–H groups in total. The van der Waals surface area contributed by atoms with E-state index in [1.54, 1.807) is 60.2 Å². The number of aliphatic hydroxyl groups is 1. The molecule has 7 aromatic rings. The van der Waals surface area contributed by atoms with Crippen LogP contribution in [0.2, 0.25) is 0 Å². The van der Waals surface area contributed by atoms with E-state index < -0.39 is 59.4 Å². The number of carbonyl (C=O) groups is 4. The number of fused-ring (bicyclic) bond motifs is 5. The largest absolute Gasteiger partial charge is 0.493 e. The van der Waals surface area contributed by atoms with Gasteiger partial charge in [-0.1, -0.05) is 102 Å². The topological polar surface area (TPSA) is 184 Å². The molecule has 0 saturated carbocycles. The van der Waals surface area contributed by atoms with E-state index in [9.17, 15) is 9.90 Å². The van der Waals surface area contributed by atoms with E-state index in [2.05, 4.69) is 22.2 Å². The van der Waals surface area contributed by atoms with E-state index in [4.69, 9.17) is 28.4 Å². The lowest BCUT2D eigenvalue weighted by atomic mass is 9.64. The van der Waals surface area contributed by atoms with Crippen LogP contribution in [0.15, 0.2) is 140 Å². The number of anilines is 1. The summed E-state index contributed by atoms with van der Waals surface area (Å²) in [4.78, 5) is 68.6. The average molecular weight is 1020 g/mol. The number of hydrogen-bond acceptors (Lipinski definition) is 14. The van der Waals surface area contributed by atoms with Crippen LogP contribution in [-0.2, 0) is 53.5 Å². The molecular weight excluding hydrogens is 969 g/mol. The van der Waals surface area contributed by atoms with Crippen LogP contribution in [0.5, 0.6) is 17.2 Å². The second-order valence-electron chi connectivity index (χ2n) is 18.9. The molecule has 4 aliphatic rings. The molecule has 6 aromatic carbocycles. The van der Waals surface area contributed by atoms with Crippen molar-refractivity contribution >= 4 is 40.6 Å². The van der Waals surface area contributed by atoms with E-state index in [1.807, 2.05) is 108 Å². The Morgan fingerprint density at radius 3 is 2.25 bits per heavy atom. The fourth-order valence-electron chi connectivity index (χ4n) is 11.7. The first-order chi connectivity index (χ1) is 37.2. The molecule has 3 amide bonds. The number of morpholine rings is 1. The predicted molar refractivity (Wildman–Crippen MR) is 277 cm³/mol. The third-order valence-electron chi connectivity index (χ3n) is 14.9. The molecular formula is C59H54N6O11. The number of nitrogens with zero attached hydrogens (tertiary/aromatic N) is 6. The number of hydrogen-bond donors (Lipinski definition) is 1. The number of carbonyl (C=O) groups excluding carboxylic acids is 4. The van der Waals surface area contributed by atoms with E-state index in [0.717, 1.165) is 27.1 Å². The second-order valence-corrected chi connectivity index (χ2v) is 18.9. The standard InChI is InChI=1S/C59H54N6O11/c1-71-30-31-75-58(70)64-46-24-23-37(14-13-26-63-47-22-11-10-21-45(47)60-61-63)32-44(46)59(57(64)69)50(55(67)62-27-25-40-34-48(72-2)49(73-3)35-42(40)36-62)52-56(68)76-53(39-17-8-5-9-18-39)51(38-15-6-4-7-16-38)65(52)54(59)41-19-12-20-43(33-41)74-29-28-66/h4-12,15-24,32-35,50-54,66H,25-31,36H2,1-3H3. The van der Waals surface area contributed by atoms with Crippen LogP contribution >= 0.6 is 0 Å². The zero-order valence-corrected chi connectivity index (χ0v) is 42.0. The molecule has 11 rings (SSSR count). The van der Waals surface area contributed by atoms with Crippen LogP contribution in [0.4, 0.5) is 10.5 Å². The van der Waals surface area contributed by atoms with Crippen molar-refractivity contribution in [3.63, 3.8) is 0 Å². The minimum Gasteiger partial charge on any atom is -0.493 e. The first-order valence-corrected chi connectivity index (χ1v) is 25.1. The molecule has 17 heteroatoms. The summed E-state index contributed by atoms with van der Waals surface area (Å²) in [6, 6.07) is 39.0. The van der Waals surface area contributed by atoms with E-state index in [-0.39, 0.29) is 57.3 Å². The Bertz CT molecular complexity index is 3410. The Balaban J connectivity index is 1.18. The third-order valence-corrected chi connectivity index (χ3v) is 14.9. The SMILES string of the molecule is COCCOC(=O)N1C(=O)C2(c3cc(C#CCn4nnc5ccccc54)ccc31)C(C(=O)N1CCc3cc(OC)c(OC)cc3C1)C1C(=O)OC(c3ccccc3)C(c3ccccc3)N1C2c1cccc(OCCO)c1. The molecule has 386 valence electrons. The van der Waals surface area contributed by atoms with Gasteiger partial charge in [-0.3, -0.25) is 19.3 Å². The van der Waals surface area contributed by atoms with Crippen molar-refractivity contribution in [1.82, 2.24) is 24.8 Å². The summed E-state index contributed by atoms with van der Waals surface area (Å²) in [5.74, 6) is 4.30.